The second-order valence-corrected chi connectivity index (χ2v) is 16.1. The van der Waals surface area contributed by atoms with Crippen LogP contribution in [0.4, 0.5) is 0 Å². The van der Waals surface area contributed by atoms with Crippen LogP contribution in [-0.2, 0) is 18.7 Å². The molecule has 6 heteroatoms. The smallest absolute Gasteiger partial charge is 0.296 e. The highest BCUT2D eigenvalue weighted by molar-refractivity contribution is 7.86. The summed E-state index contributed by atoms with van der Waals surface area (Å²) in [6.45, 7) is 16.8. The third-order valence-electron chi connectivity index (χ3n) is 5.80. The van der Waals surface area contributed by atoms with Gasteiger partial charge < -0.3 is 4.43 Å². The lowest BCUT2D eigenvalue weighted by molar-refractivity contribution is 0.273. The van der Waals surface area contributed by atoms with Gasteiger partial charge in [-0.15, -0.1) is 0 Å². The van der Waals surface area contributed by atoms with Crippen molar-refractivity contribution in [1.29, 1.82) is 0 Å². The van der Waals surface area contributed by atoms with Crippen molar-refractivity contribution in [3.8, 4) is 0 Å². The normalized spacial score (nSPS) is 13.3. The zero-order valence-electron chi connectivity index (χ0n) is 20.0. The molecule has 0 N–H and O–H groups in total. The number of benzene rings is 1. The molecule has 0 atom stereocenters. The molecule has 4 nitrogen and oxygen atoms in total. The van der Waals surface area contributed by atoms with Crippen molar-refractivity contribution in [2.24, 2.45) is 0 Å². The molecule has 30 heavy (non-hydrogen) atoms. The Balaban J connectivity index is 2.28. The highest BCUT2D eigenvalue weighted by Gasteiger charge is 2.44. The van der Waals surface area contributed by atoms with Crippen molar-refractivity contribution < 1.29 is 17.0 Å². The van der Waals surface area contributed by atoms with Gasteiger partial charge in [-0.2, -0.15) is 8.42 Å². The van der Waals surface area contributed by atoms with Crippen LogP contribution in [0.2, 0.25) is 16.6 Å². The number of allylic oxidation sites excluding steroid dienone is 2. The molecule has 0 unspecified atom stereocenters. The second kappa shape index (κ2) is 12.8. The summed E-state index contributed by atoms with van der Waals surface area (Å²) in [7, 11) is -5.41. The van der Waals surface area contributed by atoms with Gasteiger partial charge in [-0.3, -0.25) is 4.18 Å². The van der Waals surface area contributed by atoms with Crippen molar-refractivity contribution in [2.75, 3.05) is 13.2 Å². The van der Waals surface area contributed by atoms with Crippen LogP contribution in [-0.4, -0.2) is 29.9 Å². The molecule has 0 radical (unpaired) electrons. The SMILES string of the molecule is Cc1ccc(S(=O)(=O)OCCC/C=C/CCCO[Si](C(C)C)(C(C)C)C(C)C)cc1. The van der Waals surface area contributed by atoms with E-state index in [0.717, 1.165) is 31.4 Å². The summed E-state index contributed by atoms with van der Waals surface area (Å²) in [6, 6.07) is 6.72. The molecule has 0 aliphatic heterocycles. The summed E-state index contributed by atoms with van der Waals surface area (Å²) in [4.78, 5) is 0.215. The van der Waals surface area contributed by atoms with E-state index in [-0.39, 0.29) is 11.5 Å². The van der Waals surface area contributed by atoms with Gasteiger partial charge in [0.25, 0.3) is 10.1 Å². The molecule has 0 spiro atoms. The van der Waals surface area contributed by atoms with E-state index in [4.69, 9.17) is 8.61 Å². The fourth-order valence-corrected chi connectivity index (χ4v) is 10.8. The minimum atomic E-state index is -3.65. The first-order chi connectivity index (χ1) is 14.0. The van der Waals surface area contributed by atoms with Gasteiger partial charge >= 0.3 is 0 Å². The van der Waals surface area contributed by atoms with Crippen molar-refractivity contribution in [1.82, 2.24) is 0 Å². The molecule has 1 aromatic carbocycles. The predicted octanol–water partition coefficient (Wildman–Crippen LogP) is 7.01. The Kier molecular flexibility index (Phi) is 11.5. The van der Waals surface area contributed by atoms with E-state index in [1.165, 1.54) is 0 Å². The van der Waals surface area contributed by atoms with E-state index in [1.54, 1.807) is 24.3 Å². The van der Waals surface area contributed by atoms with Gasteiger partial charge in [-0.25, -0.2) is 0 Å². The second-order valence-electron chi connectivity index (χ2n) is 9.01. The van der Waals surface area contributed by atoms with Crippen LogP contribution in [0.1, 0.15) is 72.8 Å². The maximum atomic E-state index is 12.1. The minimum Gasteiger partial charge on any atom is -0.416 e. The summed E-state index contributed by atoms with van der Waals surface area (Å²) in [5.74, 6) is 0. The van der Waals surface area contributed by atoms with E-state index >= 15 is 0 Å². The first-order valence-electron chi connectivity index (χ1n) is 11.3. The van der Waals surface area contributed by atoms with Gasteiger partial charge in [0.05, 0.1) is 11.5 Å². The first-order valence-corrected chi connectivity index (χ1v) is 14.8. The number of aryl methyl sites for hydroxylation is 1. The summed E-state index contributed by atoms with van der Waals surface area (Å²) in [6.07, 6.45) is 7.78. The molecule has 1 rings (SSSR count). The molecule has 0 aliphatic carbocycles. The Labute approximate surface area is 186 Å². The van der Waals surface area contributed by atoms with Gasteiger partial charge in [0.2, 0.25) is 0 Å². The summed E-state index contributed by atoms with van der Waals surface area (Å²) in [5, 5.41) is 0. The van der Waals surface area contributed by atoms with Crippen LogP contribution in [0.25, 0.3) is 0 Å². The van der Waals surface area contributed by atoms with E-state index < -0.39 is 18.4 Å². The van der Waals surface area contributed by atoms with Crippen LogP contribution in [0, 0.1) is 6.92 Å². The minimum absolute atomic E-state index is 0.203. The third kappa shape index (κ3) is 7.95. The molecule has 0 fully saturated rings. The van der Waals surface area contributed by atoms with Gasteiger partial charge in [-0.1, -0.05) is 71.4 Å². The number of hydrogen-bond donors (Lipinski definition) is 0. The lowest BCUT2D eigenvalue weighted by atomic mass is 10.2. The number of hydrogen-bond acceptors (Lipinski definition) is 4. The first kappa shape index (κ1) is 27.1. The van der Waals surface area contributed by atoms with Crippen molar-refractivity contribution in [2.45, 2.75) is 95.7 Å². The standard InChI is InChI=1S/C24H42O4SSi/c1-20(2)30(21(3)4,22(5)6)28-19-13-11-9-8-10-12-18-27-29(25,26)24-16-14-23(7)15-17-24/h8-9,14-17,20-22H,10-13,18-19H2,1-7H3/b9-8+. The molecular formula is C24H42O4SSi. The van der Waals surface area contributed by atoms with Gasteiger partial charge in [0.1, 0.15) is 0 Å². The Morgan fingerprint density at radius 2 is 1.30 bits per heavy atom. The number of unbranched alkanes of at least 4 members (excludes halogenated alkanes) is 2. The van der Waals surface area contributed by atoms with Gasteiger partial charge in [0, 0.05) is 6.61 Å². The van der Waals surface area contributed by atoms with E-state index in [2.05, 4.69) is 53.7 Å². The molecule has 0 saturated carbocycles. The lowest BCUT2D eigenvalue weighted by Crippen LogP contribution is -2.47. The van der Waals surface area contributed by atoms with Crippen LogP contribution in [0.5, 0.6) is 0 Å². The fourth-order valence-electron chi connectivity index (χ4n) is 4.33. The van der Waals surface area contributed by atoms with Crippen LogP contribution < -0.4 is 0 Å². The lowest BCUT2D eigenvalue weighted by Gasteiger charge is -2.42. The average molecular weight is 455 g/mol. The quantitative estimate of drug-likeness (QED) is 0.131. The largest absolute Gasteiger partial charge is 0.416 e. The third-order valence-corrected chi connectivity index (χ3v) is 13.2. The Bertz CT molecular complexity index is 715. The summed E-state index contributed by atoms with van der Waals surface area (Å²) in [5.41, 5.74) is 2.87. The van der Waals surface area contributed by atoms with Crippen LogP contribution >= 0.6 is 0 Å². The van der Waals surface area contributed by atoms with Crippen LogP contribution in [0.3, 0.4) is 0 Å². The zero-order valence-corrected chi connectivity index (χ0v) is 21.8. The van der Waals surface area contributed by atoms with Crippen molar-refractivity contribution in [3.05, 3.63) is 42.0 Å². The topological polar surface area (TPSA) is 52.6 Å². The zero-order chi connectivity index (χ0) is 22.8. The molecule has 172 valence electrons. The van der Waals surface area contributed by atoms with E-state index in [9.17, 15) is 8.42 Å². The molecule has 0 saturated heterocycles. The monoisotopic (exact) mass is 454 g/mol. The van der Waals surface area contributed by atoms with Gasteiger partial charge in [-0.05, 0) is 61.4 Å². The molecule has 0 aromatic heterocycles. The van der Waals surface area contributed by atoms with Crippen LogP contribution in [0.15, 0.2) is 41.3 Å². The molecule has 0 aliphatic rings. The number of rotatable bonds is 14. The molecule has 1 aromatic rings. The Morgan fingerprint density at radius 1 is 0.833 bits per heavy atom. The Morgan fingerprint density at radius 3 is 1.77 bits per heavy atom. The maximum absolute atomic E-state index is 12.1. The summed E-state index contributed by atoms with van der Waals surface area (Å²) >= 11 is 0. The van der Waals surface area contributed by atoms with Gasteiger partial charge in [0.15, 0.2) is 8.32 Å². The fraction of sp³-hybridized carbons (Fsp3) is 0.667. The summed E-state index contributed by atoms with van der Waals surface area (Å²) < 4.78 is 35.9. The molecule has 0 amide bonds. The maximum Gasteiger partial charge on any atom is 0.296 e. The van der Waals surface area contributed by atoms with E-state index in [0.29, 0.717) is 23.0 Å². The highest BCUT2D eigenvalue weighted by atomic mass is 32.2. The van der Waals surface area contributed by atoms with Crippen molar-refractivity contribution >= 4 is 18.4 Å². The average Bonchev–Trinajstić information content (AvgIpc) is 2.65. The molecular weight excluding hydrogens is 412 g/mol. The molecule has 0 heterocycles. The van der Waals surface area contributed by atoms with Crippen molar-refractivity contribution in [3.63, 3.8) is 0 Å². The predicted molar refractivity (Wildman–Crippen MR) is 129 cm³/mol. The molecule has 0 bridgehead atoms. The Hall–Kier alpha value is -0.953. The van der Waals surface area contributed by atoms with E-state index in [1.807, 2.05) is 6.92 Å². The highest BCUT2D eigenvalue weighted by Crippen LogP contribution is 2.42.